The molecule has 0 aliphatic rings. The van der Waals surface area contributed by atoms with E-state index in [1.165, 1.54) is 11.3 Å². The fourth-order valence-electron chi connectivity index (χ4n) is 2.41. The van der Waals surface area contributed by atoms with Gasteiger partial charge in [0.2, 0.25) is 0 Å². The standard InChI is InChI=1S/C20H19N3O2S/c1-14-6-5-7-15(12-14)13-21-19(24)17-10-11-18(26-17)23-20(25)22-16-8-3-2-4-9-16/h2-12H,13H2,1H3,(H,21,24)(H2,22,23,25). The van der Waals surface area contributed by atoms with Gasteiger partial charge in [-0.25, -0.2) is 4.79 Å². The number of anilines is 2. The summed E-state index contributed by atoms with van der Waals surface area (Å²) in [6, 6.07) is 20.3. The summed E-state index contributed by atoms with van der Waals surface area (Å²) in [7, 11) is 0. The van der Waals surface area contributed by atoms with Crippen LogP contribution in [0, 0.1) is 6.92 Å². The van der Waals surface area contributed by atoms with Gasteiger partial charge in [-0.1, -0.05) is 48.0 Å². The maximum Gasteiger partial charge on any atom is 0.324 e. The van der Waals surface area contributed by atoms with Crippen LogP contribution in [0.3, 0.4) is 0 Å². The van der Waals surface area contributed by atoms with E-state index in [9.17, 15) is 9.59 Å². The van der Waals surface area contributed by atoms with Crippen LogP contribution in [0.4, 0.5) is 15.5 Å². The second-order valence-electron chi connectivity index (χ2n) is 5.78. The normalized spacial score (nSPS) is 10.2. The number of hydrogen-bond donors (Lipinski definition) is 3. The Morgan fingerprint density at radius 3 is 2.50 bits per heavy atom. The zero-order chi connectivity index (χ0) is 18.4. The number of nitrogens with one attached hydrogen (secondary N) is 3. The molecule has 3 aromatic rings. The summed E-state index contributed by atoms with van der Waals surface area (Å²) < 4.78 is 0. The molecule has 0 fully saturated rings. The van der Waals surface area contributed by atoms with Crippen LogP contribution in [0.15, 0.2) is 66.7 Å². The molecule has 0 spiro atoms. The summed E-state index contributed by atoms with van der Waals surface area (Å²) in [5, 5.41) is 8.97. The lowest BCUT2D eigenvalue weighted by atomic mass is 10.1. The van der Waals surface area contributed by atoms with Gasteiger partial charge in [-0.2, -0.15) is 0 Å². The van der Waals surface area contributed by atoms with Crippen molar-refractivity contribution in [2.75, 3.05) is 10.6 Å². The predicted molar refractivity (Wildman–Crippen MR) is 106 cm³/mol. The molecule has 132 valence electrons. The summed E-state index contributed by atoms with van der Waals surface area (Å²) in [6.45, 7) is 2.48. The SMILES string of the molecule is Cc1cccc(CNC(=O)c2ccc(NC(=O)Nc3ccccc3)s2)c1. The molecule has 3 rings (SSSR count). The molecule has 3 N–H and O–H groups in total. The minimum Gasteiger partial charge on any atom is -0.347 e. The Balaban J connectivity index is 1.53. The monoisotopic (exact) mass is 365 g/mol. The summed E-state index contributed by atoms with van der Waals surface area (Å²) in [6.07, 6.45) is 0. The van der Waals surface area contributed by atoms with Crippen molar-refractivity contribution in [1.29, 1.82) is 0 Å². The van der Waals surface area contributed by atoms with E-state index in [0.29, 0.717) is 22.1 Å². The molecule has 0 saturated carbocycles. The van der Waals surface area contributed by atoms with E-state index in [-0.39, 0.29) is 11.9 Å². The molecule has 0 aliphatic carbocycles. The van der Waals surface area contributed by atoms with Gasteiger partial charge >= 0.3 is 6.03 Å². The van der Waals surface area contributed by atoms with Crippen molar-refractivity contribution in [3.05, 3.63) is 82.7 Å². The number of benzene rings is 2. The highest BCUT2D eigenvalue weighted by Gasteiger charge is 2.11. The summed E-state index contributed by atoms with van der Waals surface area (Å²) >= 11 is 1.23. The highest BCUT2D eigenvalue weighted by atomic mass is 32.1. The Kier molecular flexibility index (Phi) is 5.66. The van der Waals surface area contributed by atoms with Gasteiger partial charge in [-0.05, 0) is 36.8 Å². The molecule has 3 amide bonds. The van der Waals surface area contributed by atoms with Crippen molar-refractivity contribution >= 4 is 34.0 Å². The van der Waals surface area contributed by atoms with E-state index in [1.54, 1.807) is 24.3 Å². The number of carbonyl (C=O) groups is 2. The molecule has 0 unspecified atom stereocenters. The highest BCUT2D eigenvalue weighted by Crippen LogP contribution is 2.22. The van der Waals surface area contributed by atoms with Crippen molar-refractivity contribution in [2.45, 2.75) is 13.5 Å². The fourth-order valence-corrected chi connectivity index (χ4v) is 3.23. The summed E-state index contributed by atoms with van der Waals surface area (Å²) in [5.41, 5.74) is 2.91. The molecule has 1 aromatic heterocycles. The second kappa shape index (κ2) is 8.31. The third-order valence-corrected chi connectivity index (χ3v) is 4.63. The van der Waals surface area contributed by atoms with Crippen LogP contribution < -0.4 is 16.0 Å². The van der Waals surface area contributed by atoms with Gasteiger partial charge in [0.1, 0.15) is 0 Å². The van der Waals surface area contributed by atoms with Crippen molar-refractivity contribution in [2.24, 2.45) is 0 Å². The quantitative estimate of drug-likeness (QED) is 0.617. The number of amides is 3. The van der Waals surface area contributed by atoms with E-state index in [2.05, 4.69) is 16.0 Å². The van der Waals surface area contributed by atoms with E-state index in [4.69, 9.17) is 0 Å². The number of carbonyl (C=O) groups excluding carboxylic acids is 2. The van der Waals surface area contributed by atoms with Crippen molar-refractivity contribution < 1.29 is 9.59 Å². The molecule has 0 radical (unpaired) electrons. The zero-order valence-electron chi connectivity index (χ0n) is 14.3. The number of rotatable bonds is 5. The average Bonchev–Trinajstić information content (AvgIpc) is 3.09. The van der Waals surface area contributed by atoms with Crippen LogP contribution in [0.5, 0.6) is 0 Å². The van der Waals surface area contributed by atoms with E-state index >= 15 is 0 Å². The molecule has 0 bridgehead atoms. The van der Waals surface area contributed by atoms with Gasteiger partial charge in [0, 0.05) is 12.2 Å². The van der Waals surface area contributed by atoms with Crippen molar-refractivity contribution in [3.63, 3.8) is 0 Å². The molecule has 1 heterocycles. The van der Waals surface area contributed by atoms with E-state index in [1.807, 2.05) is 49.4 Å². The Labute approximate surface area is 156 Å². The van der Waals surface area contributed by atoms with Gasteiger partial charge in [0.05, 0.1) is 9.88 Å². The number of para-hydroxylation sites is 1. The first kappa shape index (κ1) is 17.7. The molecule has 5 nitrogen and oxygen atoms in total. The van der Waals surface area contributed by atoms with Crippen molar-refractivity contribution in [3.8, 4) is 0 Å². The number of aryl methyl sites for hydroxylation is 1. The highest BCUT2D eigenvalue weighted by molar-refractivity contribution is 7.18. The topological polar surface area (TPSA) is 70.2 Å². The second-order valence-corrected chi connectivity index (χ2v) is 6.86. The molecular formula is C20H19N3O2S. The Morgan fingerprint density at radius 2 is 1.73 bits per heavy atom. The molecular weight excluding hydrogens is 346 g/mol. The molecule has 2 aromatic carbocycles. The Bertz CT molecular complexity index is 906. The zero-order valence-corrected chi connectivity index (χ0v) is 15.1. The molecule has 0 saturated heterocycles. The van der Waals surface area contributed by atoms with Crippen LogP contribution in [0.25, 0.3) is 0 Å². The first-order valence-electron chi connectivity index (χ1n) is 8.17. The predicted octanol–water partition coefficient (Wildman–Crippen LogP) is 4.63. The van der Waals surface area contributed by atoms with Crippen LogP contribution in [-0.2, 0) is 6.54 Å². The third-order valence-electron chi connectivity index (χ3n) is 3.63. The van der Waals surface area contributed by atoms with Gasteiger partial charge in [-0.3, -0.25) is 10.1 Å². The number of hydrogen-bond acceptors (Lipinski definition) is 3. The maximum atomic E-state index is 12.3. The average molecular weight is 365 g/mol. The smallest absolute Gasteiger partial charge is 0.324 e. The lowest BCUT2D eigenvalue weighted by Crippen LogP contribution is -2.21. The van der Waals surface area contributed by atoms with E-state index in [0.717, 1.165) is 11.1 Å². The van der Waals surface area contributed by atoms with Crippen LogP contribution in [0.1, 0.15) is 20.8 Å². The third kappa shape index (κ3) is 4.94. The molecule has 6 heteroatoms. The maximum absolute atomic E-state index is 12.3. The lowest BCUT2D eigenvalue weighted by molar-refractivity contribution is 0.0955. The van der Waals surface area contributed by atoms with Gasteiger partial charge in [-0.15, -0.1) is 11.3 Å². The van der Waals surface area contributed by atoms with Gasteiger partial charge in [0.15, 0.2) is 0 Å². The fraction of sp³-hybridized carbons (Fsp3) is 0.100. The van der Waals surface area contributed by atoms with Crippen LogP contribution in [-0.4, -0.2) is 11.9 Å². The van der Waals surface area contributed by atoms with Crippen molar-refractivity contribution in [1.82, 2.24) is 5.32 Å². The molecule has 0 atom stereocenters. The number of urea groups is 1. The Hall–Kier alpha value is -3.12. The first-order chi connectivity index (χ1) is 12.6. The summed E-state index contributed by atoms with van der Waals surface area (Å²) in [4.78, 5) is 24.8. The van der Waals surface area contributed by atoms with E-state index < -0.39 is 0 Å². The van der Waals surface area contributed by atoms with Gasteiger partial charge in [0.25, 0.3) is 5.91 Å². The summed E-state index contributed by atoms with van der Waals surface area (Å²) in [5.74, 6) is -0.159. The van der Waals surface area contributed by atoms with Gasteiger partial charge < -0.3 is 10.6 Å². The first-order valence-corrected chi connectivity index (χ1v) is 8.98. The van der Waals surface area contributed by atoms with Crippen LogP contribution in [0.2, 0.25) is 0 Å². The largest absolute Gasteiger partial charge is 0.347 e. The van der Waals surface area contributed by atoms with Crippen LogP contribution >= 0.6 is 11.3 Å². The minimum atomic E-state index is -0.343. The Morgan fingerprint density at radius 1 is 0.923 bits per heavy atom. The molecule has 0 aliphatic heterocycles. The lowest BCUT2D eigenvalue weighted by Gasteiger charge is -2.06. The minimum absolute atomic E-state index is 0.159. The molecule has 26 heavy (non-hydrogen) atoms. The number of thiophene rings is 1.